The average Bonchev–Trinajstić information content (AvgIpc) is 3.11. The second-order valence-corrected chi connectivity index (χ2v) is 6.51. The van der Waals surface area contributed by atoms with E-state index in [0.717, 1.165) is 51.3 Å². The van der Waals surface area contributed by atoms with Crippen molar-refractivity contribution in [1.82, 2.24) is 20.4 Å². The Kier molecular flexibility index (Phi) is 7.68. The molecule has 1 unspecified atom stereocenters. The van der Waals surface area contributed by atoms with E-state index >= 15 is 0 Å². The number of carbonyl (C=O) groups is 2. The van der Waals surface area contributed by atoms with Gasteiger partial charge in [0, 0.05) is 45.3 Å². The standard InChI is InChI=1S/C18H26N4O2.ClH/c23-17(12-15-4-2-1-3-5-15)20-13-18(24)22-9-6-16(14-22)21-10-7-19-8-11-21;/h1-5,16,19H,6-14H2,(H,20,23);1H. The second kappa shape index (κ2) is 9.75. The summed E-state index contributed by atoms with van der Waals surface area (Å²) in [6.45, 7) is 5.84. The molecule has 2 fully saturated rings. The molecule has 2 saturated heterocycles. The van der Waals surface area contributed by atoms with Crippen molar-refractivity contribution < 1.29 is 9.59 Å². The number of carbonyl (C=O) groups excluding carboxylic acids is 2. The SMILES string of the molecule is Cl.O=C(Cc1ccccc1)NCC(=O)N1CCC(N2CCNCC2)C1. The Labute approximate surface area is 155 Å². The first-order valence-corrected chi connectivity index (χ1v) is 8.75. The summed E-state index contributed by atoms with van der Waals surface area (Å²) in [6, 6.07) is 10.0. The number of amides is 2. The number of hydrogen-bond acceptors (Lipinski definition) is 4. The molecule has 2 aliphatic heterocycles. The molecule has 1 aromatic carbocycles. The molecule has 7 heteroatoms. The number of hydrogen-bond donors (Lipinski definition) is 2. The molecule has 2 amide bonds. The zero-order chi connectivity index (χ0) is 16.8. The Balaban J connectivity index is 0.00000225. The molecule has 2 heterocycles. The van der Waals surface area contributed by atoms with E-state index in [-0.39, 0.29) is 30.8 Å². The summed E-state index contributed by atoms with van der Waals surface area (Å²) in [6.07, 6.45) is 1.35. The summed E-state index contributed by atoms with van der Waals surface area (Å²) in [5, 5.41) is 6.10. The number of nitrogens with zero attached hydrogens (tertiary/aromatic N) is 2. The lowest BCUT2D eigenvalue weighted by Crippen LogP contribution is -2.49. The van der Waals surface area contributed by atoms with Gasteiger partial charge >= 0.3 is 0 Å². The highest BCUT2D eigenvalue weighted by atomic mass is 35.5. The van der Waals surface area contributed by atoms with E-state index in [2.05, 4.69) is 15.5 Å². The maximum atomic E-state index is 12.3. The largest absolute Gasteiger partial charge is 0.347 e. The Bertz CT molecular complexity index is 563. The summed E-state index contributed by atoms with van der Waals surface area (Å²) in [4.78, 5) is 28.6. The fourth-order valence-electron chi connectivity index (χ4n) is 3.44. The molecule has 0 radical (unpaired) electrons. The van der Waals surface area contributed by atoms with Gasteiger partial charge < -0.3 is 15.5 Å². The molecule has 138 valence electrons. The molecular weight excluding hydrogens is 340 g/mol. The molecule has 2 aliphatic rings. The molecule has 3 rings (SSSR count). The molecule has 1 atom stereocenters. The van der Waals surface area contributed by atoms with Gasteiger partial charge in [0.2, 0.25) is 11.8 Å². The Morgan fingerprint density at radius 2 is 1.84 bits per heavy atom. The number of rotatable bonds is 5. The van der Waals surface area contributed by atoms with Crippen molar-refractivity contribution in [2.45, 2.75) is 18.9 Å². The van der Waals surface area contributed by atoms with Crippen LogP contribution in [0.5, 0.6) is 0 Å². The van der Waals surface area contributed by atoms with E-state index in [1.807, 2.05) is 35.2 Å². The van der Waals surface area contributed by atoms with Gasteiger partial charge in [-0.15, -0.1) is 12.4 Å². The van der Waals surface area contributed by atoms with Crippen molar-refractivity contribution in [1.29, 1.82) is 0 Å². The summed E-state index contributed by atoms with van der Waals surface area (Å²) in [7, 11) is 0. The van der Waals surface area contributed by atoms with Crippen LogP contribution in [0.3, 0.4) is 0 Å². The lowest BCUT2D eigenvalue weighted by molar-refractivity contribution is -0.132. The smallest absolute Gasteiger partial charge is 0.242 e. The van der Waals surface area contributed by atoms with E-state index in [1.54, 1.807) is 0 Å². The van der Waals surface area contributed by atoms with E-state index < -0.39 is 0 Å². The van der Waals surface area contributed by atoms with Gasteiger partial charge in [0.05, 0.1) is 13.0 Å². The molecule has 0 bridgehead atoms. The van der Waals surface area contributed by atoms with Gasteiger partial charge in [0.25, 0.3) is 0 Å². The van der Waals surface area contributed by atoms with Gasteiger partial charge in [-0.2, -0.15) is 0 Å². The summed E-state index contributed by atoms with van der Waals surface area (Å²) < 4.78 is 0. The fraction of sp³-hybridized carbons (Fsp3) is 0.556. The van der Waals surface area contributed by atoms with E-state index in [4.69, 9.17) is 0 Å². The van der Waals surface area contributed by atoms with Gasteiger partial charge in [-0.1, -0.05) is 30.3 Å². The van der Waals surface area contributed by atoms with Crippen LogP contribution in [0.15, 0.2) is 30.3 Å². The van der Waals surface area contributed by atoms with Crippen molar-refractivity contribution in [3.8, 4) is 0 Å². The zero-order valence-electron chi connectivity index (χ0n) is 14.4. The number of benzene rings is 1. The highest BCUT2D eigenvalue weighted by molar-refractivity contribution is 5.86. The van der Waals surface area contributed by atoms with Crippen LogP contribution < -0.4 is 10.6 Å². The van der Waals surface area contributed by atoms with Crippen LogP contribution in [-0.2, 0) is 16.0 Å². The van der Waals surface area contributed by atoms with E-state index in [9.17, 15) is 9.59 Å². The molecule has 0 saturated carbocycles. The maximum Gasteiger partial charge on any atom is 0.242 e. The predicted octanol–water partition coefficient (Wildman–Crippen LogP) is 0.273. The van der Waals surface area contributed by atoms with Gasteiger partial charge in [-0.3, -0.25) is 14.5 Å². The van der Waals surface area contributed by atoms with Crippen molar-refractivity contribution in [3.05, 3.63) is 35.9 Å². The molecule has 2 N–H and O–H groups in total. The van der Waals surface area contributed by atoms with E-state index in [0.29, 0.717) is 12.5 Å². The molecule has 0 aromatic heterocycles. The Morgan fingerprint density at radius 3 is 2.56 bits per heavy atom. The molecular formula is C18H27ClN4O2. The average molecular weight is 367 g/mol. The van der Waals surface area contributed by atoms with Gasteiger partial charge in [0.15, 0.2) is 0 Å². The predicted molar refractivity (Wildman–Crippen MR) is 99.8 cm³/mol. The van der Waals surface area contributed by atoms with Crippen LogP contribution in [0.25, 0.3) is 0 Å². The van der Waals surface area contributed by atoms with Crippen molar-refractivity contribution >= 4 is 24.2 Å². The lowest BCUT2D eigenvalue weighted by Gasteiger charge is -2.32. The first-order chi connectivity index (χ1) is 11.7. The number of likely N-dealkylation sites (tertiary alicyclic amines) is 1. The van der Waals surface area contributed by atoms with Crippen molar-refractivity contribution in [2.75, 3.05) is 45.8 Å². The highest BCUT2D eigenvalue weighted by Crippen LogP contribution is 2.16. The monoisotopic (exact) mass is 366 g/mol. The molecule has 0 spiro atoms. The van der Waals surface area contributed by atoms with Crippen LogP contribution in [-0.4, -0.2) is 73.5 Å². The topological polar surface area (TPSA) is 64.7 Å². The highest BCUT2D eigenvalue weighted by Gasteiger charge is 2.30. The lowest BCUT2D eigenvalue weighted by atomic mass is 10.1. The summed E-state index contributed by atoms with van der Waals surface area (Å²) in [5.41, 5.74) is 0.961. The fourth-order valence-corrected chi connectivity index (χ4v) is 3.44. The zero-order valence-corrected chi connectivity index (χ0v) is 15.3. The molecule has 0 aliphatic carbocycles. The Hall–Kier alpha value is -1.63. The first kappa shape index (κ1) is 19.7. The number of piperazine rings is 1. The minimum absolute atomic E-state index is 0. The molecule has 6 nitrogen and oxygen atoms in total. The van der Waals surface area contributed by atoms with Gasteiger partial charge in [0.1, 0.15) is 0 Å². The number of halogens is 1. The Morgan fingerprint density at radius 1 is 1.12 bits per heavy atom. The van der Waals surface area contributed by atoms with Crippen molar-refractivity contribution in [2.24, 2.45) is 0 Å². The minimum Gasteiger partial charge on any atom is -0.347 e. The van der Waals surface area contributed by atoms with Crippen LogP contribution in [0.4, 0.5) is 0 Å². The van der Waals surface area contributed by atoms with Gasteiger partial charge in [-0.05, 0) is 12.0 Å². The third-order valence-corrected chi connectivity index (χ3v) is 4.83. The summed E-state index contributed by atoms with van der Waals surface area (Å²) in [5.74, 6) is -0.0820. The van der Waals surface area contributed by atoms with Crippen LogP contribution in [0.2, 0.25) is 0 Å². The van der Waals surface area contributed by atoms with E-state index in [1.165, 1.54) is 0 Å². The molecule has 25 heavy (non-hydrogen) atoms. The summed E-state index contributed by atoms with van der Waals surface area (Å²) >= 11 is 0. The third-order valence-electron chi connectivity index (χ3n) is 4.83. The first-order valence-electron chi connectivity index (χ1n) is 8.75. The van der Waals surface area contributed by atoms with Gasteiger partial charge in [-0.25, -0.2) is 0 Å². The normalized spacial score (nSPS) is 20.8. The maximum absolute atomic E-state index is 12.3. The minimum atomic E-state index is -0.104. The third kappa shape index (κ3) is 5.70. The van der Waals surface area contributed by atoms with Crippen LogP contribution in [0.1, 0.15) is 12.0 Å². The quantitative estimate of drug-likeness (QED) is 0.785. The van der Waals surface area contributed by atoms with Crippen LogP contribution in [0, 0.1) is 0 Å². The molecule has 1 aromatic rings. The van der Waals surface area contributed by atoms with Crippen molar-refractivity contribution in [3.63, 3.8) is 0 Å². The van der Waals surface area contributed by atoms with Crippen LogP contribution >= 0.6 is 12.4 Å². The number of nitrogens with one attached hydrogen (secondary N) is 2. The second-order valence-electron chi connectivity index (χ2n) is 6.51.